The quantitative estimate of drug-likeness (QED) is 0.774. The first-order valence-electron chi connectivity index (χ1n) is 7.58. The molecule has 1 saturated heterocycles. The summed E-state index contributed by atoms with van der Waals surface area (Å²) in [6.07, 6.45) is 2.45. The van der Waals surface area contributed by atoms with Crippen LogP contribution in [0.2, 0.25) is 0 Å². The molecule has 1 fully saturated rings. The Morgan fingerprint density at radius 2 is 1.85 bits per heavy atom. The smallest absolute Gasteiger partial charge is 0.124 e. The fourth-order valence-electron chi connectivity index (χ4n) is 2.94. The van der Waals surface area contributed by atoms with Crippen molar-refractivity contribution in [2.24, 2.45) is 5.92 Å². The zero-order valence-corrected chi connectivity index (χ0v) is 12.5. The van der Waals surface area contributed by atoms with E-state index in [1.807, 2.05) is 6.92 Å². The van der Waals surface area contributed by atoms with E-state index in [0.29, 0.717) is 11.5 Å². The van der Waals surface area contributed by atoms with Crippen LogP contribution in [0.5, 0.6) is 11.5 Å². The molecule has 0 radical (unpaired) electrons. The molecular formula is C16H26N2O2. The summed E-state index contributed by atoms with van der Waals surface area (Å²) in [5.41, 5.74) is 0.596. The van der Waals surface area contributed by atoms with E-state index in [-0.39, 0.29) is 17.5 Å². The molecule has 2 rings (SSSR count). The summed E-state index contributed by atoms with van der Waals surface area (Å²) in [5.74, 6) is 1.00. The van der Waals surface area contributed by atoms with E-state index in [9.17, 15) is 10.2 Å². The number of nitrogens with one attached hydrogen (secondary N) is 1. The molecule has 4 heteroatoms. The maximum Gasteiger partial charge on any atom is 0.124 e. The Balaban J connectivity index is 1.85. The Kier molecular flexibility index (Phi) is 5.26. The molecule has 1 heterocycles. The lowest BCUT2D eigenvalue weighted by molar-refractivity contribution is 0.188. The molecule has 0 aliphatic carbocycles. The summed E-state index contributed by atoms with van der Waals surface area (Å²) in [7, 11) is 0. The van der Waals surface area contributed by atoms with Crippen LogP contribution in [-0.2, 0) is 0 Å². The van der Waals surface area contributed by atoms with E-state index in [4.69, 9.17) is 0 Å². The maximum atomic E-state index is 9.86. The largest absolute Gasteiger partial charge is 0.507 e. The van der Waals surface area contributed by atoms with Gasteiger partial charge in [-0.25, -0.2) is 0 Å². The summed E-state index contributed by atoms with van der Waals surface area (Å²) >= 11 is 0. The summed E-state index contributed by atoms with van der Waals surface area (Å²) in [5, 5.41) is 23.2. The van der Waals surface area contributed by atoms with Gasteiger partial charge < -0.3 is 20.4 Å². The summed E-state index contributed by atoms with van der Waals surface area (Å²) in [6.45, 7) is 8.63. The van der Waals surface area contributed by atoms with Crippen molar-refractivity contribution in [1.82, 2.24) is 10.2 Å². The average Bonchev–Trinajstić information content (AvgIpc) is 2.45. The van der Waals surface area contributed by atoms with E-state index in [1.165, 1.54) is 25.9 Å². The Bertz CT molecular complexity index is 408. The number of likely N-dealkylation sites (tertiary alicyclic amines) is 1. The minimum Gasteiger partial charge on any atom is -0.507 e. The van der Waals surface area contributed by atoms with Crippen molar-refractivity contribution in [1.29, 1.82) is 0 Å². The van der Waals surface area contributed by atoms with Gasteiger partial charge in [-0.15, -0.1) is 0 Å². The Hall–Kier alpha value is -1.26. The number of aromatic hydroxyl groups is 2. The van der Waals surface area contributed by atoms with Gasteiger partial charge in [-0.3, -0.25) is 0 Å². The second kappa shape index (κ2) is 6.95. The third-order valence-electron chi connectivity index (χ3n) is 4.36. The van der Waals surface area contributed by atoms with Crippen molar-refractivity contribution in [2.75, 3.05) is 26.2 Å². The highest BCUT2D eigenvalue weighted by Crippen LogP contribution is 2.32. The number of nitrogens with zero attached hydrogens (tertiary/aromatic N) is 1. The lowest BCUT2D eigenvalue weighted by Gasteiger charge is -2.31. The lowest BCUT2D eigenvalue weighted by atomic mass is 9.96. The Morgan fingerprint density at radius 3 is 2.40 bits per heavy atom. The van der Waals surface area contributed by atoms with Gasteiger partial charge in [0.1, 0.15) is 11.5 Å². The number of piperidine rings is 1. The van der Waals surface area contributed by atoms with Crippen LogP contribution in [-0.4, -0.2) is 41.3 Å². The van der Waals surface area contributed by atoms with Gasteiger partial charge in [0.05, 0.1) is 5.56 Å². The first-order valence-corrected chi connectivity index (χ1v) is 7.58. The van der Waals surface area contributed by atoms with Crippen molar-refractivity contribution in [2.45, 2.75) is 32.7 Å². The van der Waals surface area contributed by atoms with Gasteiger partial charge >= 0.3 is 0 Å². The molecule has 1 aliphatic heterocycles. The van der Waals surface area contributed by atoms with Crippen LogP contribution in [0.15, 0.2) is 18.2 Å². The molecule has 0 saturated carbocycles. The van der Waals surface area contributed by atoms with Crippen LogP contribution in [0, 0.1) is 5.92 Å². The van der Waals surface area contributed by atoms with Gasteiger partial charge in [0, 0.05) is 6.04 Å². The minimum atomic E-state index is -0.0413. The summed E-state index contributed by atoms with van der Waals surface area (Å²) in [4.78, 5) is 2.48. The average molecular weight is 278 g/mol. The van der Waals surface area contributed by atoms with E-state index < -0.39 is 0 Å². The van der Waals surface area contributed by atoms with E-state index in [2.05, 4.69) is 17.1 Å². The van der Waals surface area contributed by atoms with Crippen molar-refractivity contribution < 1.29 is 10.2 Å². The first-order chi connectivity index (χ1) is 9.61. The van der Waals surface area contributed by atoms with Crippen molar-refractivity contribution in [3.63, 3.8) is 0 Å². The molecule has 1 aliphatic rings. The molecular weight excluding hydrogens is 252 g/mol. The van der Waals surface area contributed by atoms with Gasteiger partial charge in [-0.05, 0) is 64.0 Å². The molecule has 1 aromatic rings. The third kappa shape index (κ3) is 3.64. The van der Waals surface area contributed by atoms with Crippen LogP contribution in [0.1, 0.15) is 38.3 Å². The number of rotatable bonds is 5. The van der Waals surface area contributed by atoms with Gasteiger partial charge in [0.2, 0.25) is 0 Å². The standard InChI is InChI=1S/C16H26N2O2/c1-3-18-9-7-13(8-10-18)11-17-12(2)16-14(19)5-4-6-15(16)20/h4-6,12-13,17,19-20H,3,7-11H2,1-2H3. The third-order valence-corrected chi connectivity index (χ3v) is 4.36. The molecule has 1 unspecified atom stereocenters. The molecule has 20 heavy (non-hydrogen) atoms. The second-order valence-corrected chi connectivity index (χ2v) is 5.72. The van der Waals surface area contributed by atoms with Crippen LogP contribution >= 0.6 is 0 Å². The topological polar surface area (TPSA) is 55.7 Å². The fraction of sp³-hybridized carbons (Fsp3) is 0.625. The highest BCUT2D eigenvalue weighted by atomic mass is 16.3. The van der Waals surface area contributed by atoms with Crippen molar-refractivity contribution in [3.8, 4) is 11.5 Å². The molecule has 112 valence electrons. The molecule has 3 N–H and O–H groups in total. The number of phenols is 2. The van der Waals surface area contributed by atoms with Gasteiger partial charge in [0.15, 0.2) is 0 Å². The Labute approximate surface area is 121 Å². The predicted molar refractivity (Wildman–Crippen MR) is 81.0 cm³/mol. The normalized spacial score (nSPS) is 19.1. The molecule has 1 atom stereocenters. The summed E-state index contributed by atoms with van der Waals surface area (Å²) in [6, 6.07) is 4.85. The van der Waals surface area contributed by atoms with E-state index >= 15 is 0 Å². The van der Waals surface area contributed by atoms with Crippen molar-refractivity contribution in [3.05, 3.63) is 23.8 Å². The number of benzene rings is 1. The van der Waals surface area contributed by atoms with Crippen LogP contribution in [0.3, 0.4) is 0 Å². The van der Waals surface area contributed by atoms with Gasteiger partial charge in [-0.1, -0.05) is 13.0 Å². The lowest BCUT2D eigenvalue weighted by Crippen LogP contribution is -2.37. The number of hydrogen-bond acceptors (Lipinski definition) is 4. The molecule has 0 aromatic heterocycles. The van der Waals surface area contributed by atoms with Crippen LogP contribution in [0.4, 0.5) is 0 Å². The monoisotopic (exact) mass is 278 g/mol. The maximum absolute atomic E-state index is 9.86. The zero-order valence-electron chi connectivity index (χ0n) is 12.5. The SMILES string of the molecule is CCN1CCC(CNC(C)c2c(O)cccc2O)CC1. The zero-order chi connectivity index (χ0) is 14.5. The summed E-state index contributed by atoms with van der Waals surface area (Å²) < 4.78 is 0. The highest BCUT2D eigenvalue weighted by molar-refractivity contribution is 5.44. The minimum absolute atomic E-state index is 0.0413. The van der Waals surface area contributed by atoms with Crippen molar-refractivity contribution >= 4 is 0 Å². The first kappa shape index (κ1) is 15.1. The highest BCUT2D eigenvalue weighted by Gasteiger charge is 2.20. The number of hydrogen-bond donors (Lipinski definition) is 3. The van der Waals surface area contributed by atoms with E-state index in [1.54, 1.807) is 18.2 Å². The number of phenolic OH excluding ortho intramolecular Hbond substituents is 2. The second-order valence-electron chi connectivity index (χ2n) is 5.72. The fourth-order valence-corrected chi connectivity index (χ4v) is 2.94. The predicted octanol–water partition coefficient (Wildman–Crippen LogP) is 2.48. The van der Waals surface area contributed by atoms with Crippen LogP contribution < -0.4 is 5.32 Å². The molecule has 4 nitrogen and oxygen atoms in total. The molecule has 0 bridgehead atoms. The van der Waals surface area contributed by atoms with Gasteiger partial charge in [-0.2, -0.15) is 0 Å². The molecule has 0 amide bonds. The molecule has 1 aromatic carbocycles. The van der Waals surface area contributed by atoms with Gasteiger partial charge in [0.25, 0.3) is 0 Å². The molecule has 0 spiro atoms. The van der Waals surface area contributed by atoms with E-state index in [0.717, 1.165) is 13.1 Å². The Morgan fingerprint density at radius 1 is 1.25 bits per heavy atom. The van der Waals surface area contributed by atoms with Crippen LogP contribution in [0.25, 0.3) is 0 Å².